The smallest absolute Gasteiger partial charge is 0.255 e. The zero-order valence-electron chi connectivity index (χ0n) is 14.1. The predicted molar refractivity (Wildman–Crippen MR) is 94.3 cm³/mol. The number of benzene rings is 2. The quantitative estimate of drug-likeness (QED) is 0.738. The zero-order valence-corrected chi connectivity index (χ0v) is 14.1. The summed E-state index contributed by atoms with van der Waals surface area (Å²) in [4.78, 5) is 12.6. The Morgan fingerprint density at radius 1 is 1.19 bits per heavy atom. The second-order valence-electron chi connectivity index (χ2n) is 5.76. The molecule has 1 aromatic heterocycles. The van der Waals surface area contributed by atoms with Crippen molar-refractivity contribution in [1.29, 1.82) is 0 Å². The molecular formula is C19H17N3O4. The molecule has 0 bridgehead atoms. The van der Waals surface area contributed by atoms with E-state index in [1.165, 1.54) is 6.20 Å². The van der Waals surface area contributed by atoms with Gasteiger partial charge in [-0.15, -0.1) is 0 Å². The normalized spacial score (nSPS) is 12.0. The molecule has 0 radical (unpaired) electrons. The third-order valence-corrected chi connectivity index (χ3v) is 4.15. The maximum atomic E-state index is 12.6. The Bertz CT molecular complexity index is 934. The van der Waals surface area contributed by atoms with Gasteiger partial charge in [-0.3, -0.25) is 9.89 Å². The summed E-state index contributed by atoms with van der Waals surface area (Å²) in [6.45, 7) is 0.605. The Hall–Kier alpha value is -3.48. The van der Waals surface area contributed by atoms with Gasteiger partial charge in [0, 0.05) is 12.1 Å². The molecule has 7 heteroatoms. The van der Waals surface area contributed by atoms with Crippen LogP contribution in [0.5, 0.6) is 17.2 Å². The average molecular weight is 351 g/mol. The number of rotatable bonds is 5. The highest BCUT2D eigenvalue weighted by molar-refractivity contribution is 5.99. The number of aromatic amines is 1. The first-order valence-electron chi connectivity index (χ1n) is 8.09. The van der Waals surface area contributed by atoms with E-state index in [0.717, 1.165) is 22.6 Å². The Morgan fingerprint density at radius 2 is 2.00 bits per heavy atom. The molecule has 0 atom stereocenters. The number of aromatic nitrogens is 2. The van der Waals surface area contributed by atoms with Crippen LogP contribution in [0.3, 0.4) is 0 Å². The van der Waals surface area contributed by atoms with Crippen LogP contribution < -0.4 is 19.5 Å². The first kappa shape index (κ1) is 16.0. The van der Waals surface area contributed by atoms with Crippen LogP contribution in [0.15, 0.2) is 48.7 Å². The number of carbonyl (C=O) groups is 1. The van der Waals surface area contributed by atoms with E-state index in [4.69, 9.17) is 14.2 Å². The molecule has 1 aliphatic rings. The number of hydrogen-bond donors (Lipinski definition) is 2. The molecule has 2 heterocycles. The summed E-state index contributed by atoms with van der Waals surface area (Å²) in [6.07, 6.45) is 1.52. The summed E-state index contributed by atoms with van der Waals surface area (Å²) >= 11 is 0. The number of ether oxygens (including phenoxy) is 3. The first-order valence-corrected chi connectivity index (χ1v) is 8.09. The van der Waals surface area contributed by atoms with Crippen molar-refractivity contribution >= 4 is 5.91 Å². The minimum absolute atomic E-state index is 0.206. The zero-order chi connectivity index (χ0) is 17.9. The summed E-state index contributed by atoms with van der Waals surface area (Å²) in [7, 11) is 1.61. The van der Waals surface area contributed by atoms with Crippen LogP contribution >= 0.6 is 0 Å². The maximum absolute atomic E-state index is 12.6. The van der Waals surface area contributed by atoms with Crippen molar-refractivity contribution in [2.24, 2.45) is 0 Å². The number of hydrogen-bond acceptors (Lipinski definition) is 5. The Labute approximate surface area is 149 Å². The van der Waals surface area contributed by atoms with Gasteiger partial charge in [-0.1, -0.05) is 6.07 Å². The van der Waals surface area contributed by atoms with Crippen LogP contribution in [0.4, 0.5) is 0 Å². The number of nitrogens with zero attached hydrogens (tertiary/aromatic N) is 1. The molecule has 3 aromatic rings. The van der Waals surface area contributed by atoms with Gasteiger partial charge in [0.05, 0.1) is 24.6 Å². The van der Waals surface area contributed by atoms with Crippen LogP contribution in [0.1, 0.15) is 15.9 Å². The topological polar surface area (TPSA) is 85.5 Å². The first-order chi connectivity index (χ1) is 12.7. The SMILES string of the molecule is COc1ccc(-c2[nH]ncc2C(=O)NCc2ccc3c(c2)OCO3)cc1. The summed E-state index contributed by atoms with van der Waals surface area (Å²) in [6, 6.07) is 13.0. The lowest BCUT2D eigenvalue weighted by atomic mass is 10.1. The van der Waals surface area contributed by atoms with E-state index < -0.39 is 0 Å². The Morgan fingerprint density at radius 3 is 2.81 bits per heavy atom. The minimum Gasteiger partial charge on any atom is -0.497 e. The second kappa shape index (κ2) is 6.79. The van der Waals surface area contributed by atoms with E-state index in [-0.39, 0.29) is 12.7 Å². The molecule has 0 unspecified atom stereocenters. The van der Waals surface area contributed by atoms with Gasteiger partial charge in [-0.05, 0) is 42.0 Å². The molecule has 0 spiro atoms. The lowest BCUT2D eigenvalue weighted by Gasteiger charge is -2.07. The number of H-pyrrole nitrogens is 1. The fraction of sp³-hybridized carbons (Fsp3) is 0.158. The van der Waals surface area contributed by atoms with Crippen LogP contribution in [0, 0.1) is 0 Å². The molecule has 0 saturated carbocycles. The summed E-state index contributed by atoms with van der Waals surface area (Å²) in [5, 5.41) is 9.80. The third kappa shape index (κ3) is 3.06. The van der Waals surface area contributed by atoms with Gasteiger partial charge in [0.1, 0.15) is 5.75 Å². The molecule has 26 heavy (non-hydrogen) atoms. The minimum atomic E-state index is -0.206. The van der Waals surface area contributed by atoms with Gasteiger partial charge < -0.3 is 19.5 Å². The van der Waals surface area contributed by atoms with Gasteiger partial charge in [-0.25, -0.2) is 0 Å². The molecule has 0 fully saturated rings. The van der Waals surface area contributed by atoms with Crippen molar-refractivity contribution in [3.63, 3.8) is 0 Å². The van der Waals surface area contributed by atoms with Crippen molar-refractivity contribution in [2.45, 2.75) is 6.54 Å². The average Bonchev–Trinajstić information content (AvgIpc) is 3.35. The van der Waals surface area contributed by atoms with E-state index in [2.05, 4.69) is 15.5 Å². The highest BCUT2D eigenvalue weighted by Crippen LogP contribution is 2.32. The van der Waals surface area contributed by atoms with E-state index in [1.54, 1.807) is 7.11 Å². The van der Waals surface area contributed by atoms with Crippen molar-refractivity contribution < 1.29 is 19.0 Å². The van der Waals surface area contributed by atoms with Crippen molar-refractivity contribution in [3.05, 3.63) is 59.8 Å². The van der Waals surface area contributed by atoms with Gasteiger partial charge in [0.2, 0.25) is 6.79 Å². The lowest BCUT2D eigenvalue weighted by molar-refractivity contribution is 0.0951. The van der Waals surface area contributed by atoms with E-state index in [9.17, 15) is 4.79 Å². The van der Waals surface area contributed by atoms with Crippen LogP contribution in [-0.2, 0) is 6.54 Å². The van der Waals surface area contributed by atoms with Crippen molar-refractivity contribution in [3.8, 4) is 28.5 Å². The largest absolute Gasteiger partial charge is 0.497 e. The highest BCUT2D eigenvalue weighted by atomic mass is 16.7. The van der Waals surface area contributed by atoms with Crippen LogP contribution in [-0.4, -0.2) is 30.0 Å². The molecule has 0 aliphatic carbocycles. The number of nitrogens with one attached hydrogen (secondary N) is 2. The molecule has 2 N–H and O–H groups in total. The fourth-order valence-corrected chi connectivity index (χ4v) is 2.76. The van der Waals surface area contributed by atoms with Crippen LogP contribution in [0.2, 0.25) is 0 Å². The van der Waals surface area contributed by atoms with Gasteiger partial charge in [-0.2, -0.15) is 5.10 Å². The van der Waals surface area contributed by atoms with E-state index in [1.807, 2.05) is 42.5 Å². The van der Waals surface area contributed by atoms with Crippen molar-refractivity contribution in [2.75, 3.05) is 13.9 Å². The number of carbonyl (C=O) groups excluding carboxylic acids is 1. The predicted octanol–water partition coefficient (Wildman–Crippen LogP) is 2.74. The molecular weight excluding hydrogens is 334 g/mol. The molecule has 1 amide bonds. The number of amides is 1. The van der Waals surface area contributed by atoms with Crippen LogP contribution in [0.25, 0.3) is 11.3 Å². The van der Waals surface area contributed by atoms with Crippen molar-refractivity contribution in [1.82, 2.24) is 15.5 Å². The summed E-state index contributed by atoms with van der Waals surface area (Å²) in [5.41, 5.74) is 2.93. The molecule has 132 valence electrons. The molecule has 7 nitrogen and oxygen atoms in total. The van der Waals surface area contributed by atoms with E-state index >= 15 is 0 Å². The second-order valence-corrected chi connectivity index (χ2v) is 5.76. The number of methoxy groups -OCH3 is 1. The fourth-order valence-electron chi connectivity index (χ4n) is 2.76. The van der Waals surface area contributed by atoms with E-state index in [0.29, 0.717) is 23.6 Å². The van der Waals surface area contributed by atoms with Gasteiger partial charge in [0.25, 0.3) is 5.91 Å². The lowest BCUT2D eigenvalue weighted by Crippen LogP contribution is -2.22. The maximum Gasteiger partial charge on any atom is 0.255 e. The molecule has 1 aliphatic heterocycles. The summed E-state index contributed by atoms with van der Waals surface area (Å²) in [5.74, 6) is 1.96. The highest BCUT2D eigenvalue weighted by Gasteiger charge is 2.17. The Kier molecular flexibility index (Phi) is 4.18. The van der Waals surface area contributed by atoms with Gasteiger partial charge >= 0.3 is 0 Å². The number of fused-ring (bicyclic) bond motifs is 1. The molecule has 2 aromatic carbocycles. The molecule has 4 rings (SSSR count). The third-order valence-electron chi connectivity index (χ3n) is 4.15. The standard InChI is InChI=1S/C19H17N3O4/c1-24-14-5-3-13(4-6-14)18-15(10-21-22-18)19(23)20-9-12-2-7-16-17(8-12)26-11-25-16/h2-8,10H,9,11H2,1H3,(H,20,23)(H,21,22). The summed E-state index contributed by atoms with van der Waals surface area (Å²) < 4.78 is 15.8. The van der Waals surface area contributed by atoms with Gasteiger partial charge in [0.15, 0.2) is 11.5 Å². The monoisotopic (exact) mass is 351 g/mol. The molecule has 0 saturated heterocycles. The Balaban J connectivity index is 1.48.